The number of furan rings is 1. The molecule has 0 fully saturated rings. The van der Waals surface area contributed by atoms with E-state index in [2.05, 4.69) is 181 Å². The number of fused-ring (bicyclic) bond motifs is 9. The molecule has 0 N–H and O–H groups in total. The van der Waals surface area contributed by atoms with Crippen molar-refractivity contribution >= 4 is 92.2 Å². The van der Waals surface area contributed by atoms with Crippen molar-refractivity contribution in [1.82, 2.24) is 9.97 Å². The van der Waals surface area contributed by atoms with Gasteiger partial charge >= 0.3 is 0 Å². The van der Waals surface area contributed by atoms with Crippen LogP contribution in [-0.2, 0) is 0 Å². The molecule has 11 aromatic rings. The monoisotopic (exact) mass is 695 g/mol. The topological polar surface area (TPSA) is 42.2 Å². The van der Waals surface area contributed by atoms with E-state index in [4.69, 9.17) is 14.4 Å². The van der Waals surface area contributed by atoms with Crippen LogP contribution in [0.25, 0.3) is 86.4 Å². The van der Waals surface area contributed by atoms with Crippen molar-refractivity contribution in [1.29, 1.82) is 0 Å². The summed E-state index contributed by atoms with van der Waals surface area (Å²) < 4.78 is 9.09. The summed E-state index contributed by atoms with van der Waals surface area (Å²) in [4.78, 5) is 13.2. The molecule has 0 aliphatic rings. The molecule has 0 radical (unpaired) electrons. The summed E-state index contributed by atoms with van der Waals surface area (Å²) in [7, 11) is 0. The summed E-state index contributed by atoms with van der Waals surface area (Å²) in [6.45, 7) is 0. The smallest absolute Gasteiger partial charge is 0.161 e. The summed E-state index contributed by atoms with van der Waals surface area (Å²) in [5.74, 6) is 0.677. The quantitative estimate of drug-likeness (QED) is 0.180. The number of rotatable bonds is 5. The first-order valence-electron chi connectivity index (χ1n) is 17.7. The van der Waals surface area contributed by atoms with Crippen LogP contribution in [0.3, 0.4) is 0 Å². The molecule has 0 aliphatic carbocycles. The van der Waals surface area contributed by atoms with Gasteiger partial charge in [0, 0.05) is 54.4 Å². The highest BCUT2D eigenvalue weighted by molar-refractivity contribution is 7.26. The normalized spacial score (nSPS) is 11.8. The van der Waals surface area contributed by atoms with E-state index in [9.17, 15) is 0 Å². The second kappa shape index (κ2) is 11.9. The first-order chi connectivity index (χ1) is 26.3. The Kier molecular flexibility index (Phi) is 6.69. The van der Waals surface area contributed by atoms with Crippen LogP contribution >= 0.6 is 11.3 Å². The average molecular weight is 696 g/mol. The molecule has 5 heteroatoms. The first kappa shape index (κ1) is 29.9. The highest BCUT2D eigenvalue weighted by Gasteiger charge is 2.23. The molecule has 0 bridgehead atoms. The van der Waals surface area contributed by atoms with E-state index in [1.165, 1.54) is 15.5 Å². The number of nitrogens with zero attached hydrogens (tertiary/aromatic N) is 3. The van der Waals surface area contributed by atoms with E-state index in [1.807, 2.05) is 0 Å². The van der Waals surface area contributed by atoms with Crippen LogP contribution in [0.2, 0.25) is 0 Å². The van der Waals surface area contributed by atoms with Gasteiger partial charge in [-0.2, -0.15) is 0 Å². The first-order valence-corrected chi connectivity index (χ1v) is 18.6. The average Bonchev–Trinajstić information content (AvgIpc) is 3.80. The Hall–Kier alpha value is -6.82. The van der Waals surface area contributed by atoms with Crippen molar-refractivity contribution in [3.63, 3.8) is 0 Å². The Labute approximate surface area is 308 Å². The summed E-state index contributed by atoms with van der Waals surface area (Å²) in [5, 5.41) is 7.68. The van der Waals surface area contributed by atoms with Crippen LogP contribution in [0.1, 0.15) is 0 Å². The van der Waals surface area contributed by atoms with Gasteiger partial charge in [-0.25, -0.2) is 9.97 Å². The minimum absolute atomic E-state index is 0.677. The van der Waals surface area contributed by atoms with Gasteiger partial charge < -0.3 is 9.32 Å². The van der Waals surface area contributed by atoms with Crippen LogP contribution in [0.5, 0.6) is 0 Å². The standard InChI is InChI=1S/C48H29N3OS/c1-3-16-34(17-4-1)51(35-18-5-2-6-19-35)36-25-26-41-39(29-36)43-40(28-32-15-9-10-20-37(32)46(43)52-41)48-49-44(33-24-23-30-13-7-8-14-31(30)27-33)47-45(50-48)38-21-11-12-22-42(38)53-47/h1-29H. The van der Waals surface area contributed by atoms with Crippen molar-refractivity contribution in [2.45, 2.75) is 0 Å². The summed E-state index contributed by atoms with van der Waals surface area (Å²) in [6, 6.07) is 61.8. The second-order valence-electron chi connectivity index (χ2n) is 13.4. The number of hydrogen-bond acceptors (Lipinski definition) is 5. The minimum atomic E-state index is 0.677. The zero-order valence-corrected chi connectivity index (χ0v) is 29.2. The summed E-state index contributed by atoms with van der Waals surface area (Å²) in [6.07, 6.45) is 0. The Morgan fingerprint density at radius 3 is 1.96 bits per heavy atom. The molecule has 0 atom stereocenters. The number of para-hydroxylation sites is 2. The zero-order valence-electron chi connectivity index (χ0n) is 28.4. The third-order valence-electron chi connectivity index (χ3n) is 10.2. The van der Waals surface area contributed by atoms with Crippen molar-refractivity contribution in [3.05, 3.63) is 176 Å². The lowest BCUT2D eigenvalue weighted by Gasteiger charge is -2.25. The van der Waals surface area contributed by atoms with Crippen LogP contribution in [0, 0.1) is 0 Å². The van der Waals surface area contributed by atoms with E-state index < -0.39 is 0 Å². The Balaban J connectivity index is 1.22. The molecule has 0 aliphatic heterocycles. The maximum Gasteiger partial charge on any atom is 0.161 e. The second-order valence-corrected chi connectivity index (χ2v) is 14.4. The maximum atomic E-state index is 6.81. The third-order valence-corrected chi connectivity index (χ3v) is 11.4. The minimum Gasteiger partial charge on any atom is -0.455 e. The van der Waals surface area contributed by atoms with E-state index in [-0.39, 0.29) is 0 Å². The zero-order chi connectivity index (χ0) is 34.9. The Morgan fingerprint density at radius 2 is 1.17 bits per heavy atom. The highest BCUT2D eigenvalue weighted by Crippen LogP contribution is 2.45. The SMILES string of the molecule is c1ccc(N(c2ccccc2)c2ccc3oc4c5ccccc5cc(-c5nc(-c6ccc7ccccc7c6)c6sc7ccccc7c6n5)c4c3c2)cc1. The van der Waals surface area contributed by atoms with Gasteiger partial charge in [0.25, 0.3) is 0 Å². The lowest BCUT2D eigenvalue weighted by Crippen LogP contribution is -2.09. The maximum absolute atomic E-state index is 6.81. The lowest BCUT2D eigenvalue weighted by molar-refractivity contribution is 0.672. The molecular weight excluding hydrogens is 667 g/mol. The molecule has 0 saturated heterocycles. The van der Waals surface area contributed by atoms with E-state index >= 15 is 0 Å². The van der Waals surface area contributed by atoms with Gasteiger partial charge in [0.2, 0.25) is 0 Å². The van der Waals surface area contributed by atoms with E-state index in [0.29, 0.717) is 5.82 Å². The van der Waals surface area contributed by atoms with Crippen molar-refractivity contribution in [2.24, 2.45) is 0 Å². The van der Waals surface area contributed by atoms with E-state index in [0.717, 1.165) is 82.2 Å². The molecular formula is C48H29N3OS. The molecule has 53 heavy (non-hydrogen) atoms. The van der Waals surface area contributed by atoms with Gasteiger partial charge in [-0.3, -0.25) is 0 Å². The van der Waals surface area contributed by atoms with Gasteiger partial charge in [0.15, 0.2) is 5.82 Å². The largest absolute Gasteiger partial charge is 0.455 e. The fraction of sp³-hybridized carbons (Fsp3) is 0. The highest BCUT2D eigenvalue weighted by atomic mass is 32.1. The predicted molar refractivity (Wildman–Crippen MR) is 223 cm³/mol. The van der Waals surface area contributed by atoms with Gasteiger partial charge in [-0.1, -0.05) is 115 Å². The van der Waals surface area contributed by atoms with Gasteiger partial charge in [-0.05, 0) is 76.8 Å². The predicted octanol–water partition coefficient (Wildman–Crippen LogP) is 13.9. The van der Waals surface area contributed by atoms with Crippen molar-refractivity contribution in [2.75, 3.05) is 4.90 Å². The third kappa shape index (κ3) is 4.82. The molecule has 0 saturated carbocycles. The molecule has 3 heterocycles. The van der Waals surface area contributed by atoms with Crippen LogP contribution in [0.4, 0.5) is 17.1 Å². The lowest BCUT2D eigenvalue weighted by atomic mass is 9.98. The number of aromatic nitrogens is 2. The van der Waals surface area contributed by atoms with Crippen LogP contribution in [0.15, 0.2) is 180 Å². The summed E-state index contributed by atoms with van der Waals surface area (Å²) in [5.41, 5.74) is 8.76. The molecule has 0 spiro atoms. The van der Waals surface area contributed by atoms with Crippen LogP contribution in [-0.4, -0.2) is 9.97 Å². The van der Waals surface area contributed by atoms with Gasteiger partial charge in [0.1, 0.15) is 11.2 Å². The molecule has 3 aromatic heterocycles. The fourth-order valence-electron chi connectivity index (χ4n) is 7.76. The Bertz CT molecular complexity index is 3150. The van der Waals surface area contributed by atoms with Gasteiger partial charge in [0.05, 0.1) is 15.9 Å². The molecule has 11 rings (SSSR count). The van der Waals surface area contributed by atoms with Crippen molar-refractivity contribution < 1.29 is 4.42 Å². The van der Waals surface area contributed by atoms with Gasteiger partial charge in [-0.15, -0.1) is 11.3 Å². The fourth-order valence-corrected chi connectivity index (χ4v) is 8.91. The molecule has 0 unspecified atom stereocenters. The number of benzene rings is 8. The number of hydrogen-bond donors (Lipinski definition) is 0. The Morgan fingerprint density at radius 1 is 0.491 bits per heavy atom. The molecule has 8 aromatic carbocycles. The number of thiophene rings is 1. The molecule has 248 valence electrons. The molecule has 4 nitrogen and oxygen atoms in total. The van der Waals surface area contributed by atoms with E-state index in [1.54, 1.807) is 11.3 Å². The van der Waals surface area contributed by atoms with Crippen molar-refractivity contribution in [3.8, 4) is 22.6 Å². The molecule has 0 amide bonds. The number of anilines is 3. The van der Waals surface area contributed by atoms with Crippen LogP contribution < -0.4 is 4.90 Å². The summed E-state index contributed by atoms with van der Waals surface area (Å²) >= 11 is 1.75.